The summed E-state index contributed by atoms with van der Waals surface area (Å²) in [6, 6.07) is 12.2. The smallest absolute Gasteiger partial charge is 0.188 e. The molecule has 0 aliphatic rings. The lowest BCUT2D eigenvalue weighted by Gasteiger charge is -2.26. The van der Waals surface area contributed by atoms with E-state index in [9.17, 15) is 4.39 Å². The number of hydrogen-bond acceptors (Lipinski definition) is 3. The molecule has 0 unspecified atom stereocenters. The van der Waals surface area contributed by atoms with Gasteiger partial charge in [-0.25, -0.2) is 9.38 Å². The van der Waals surface area contributed by atoms with Crippen LogP contribution in [0.25, 0.3) is 0 Å². The summed E-state index contributed by atoms with van der Waals surface area (Å²) in [5, 5.41) is 3.11. The first-order valence-electron chi connectivity index (χ1n) is 8.36. The molecule has 0 bridgehead atoms. The average molecular weight is 359 g/mol. The Kier molecular flexibility index (Phi) is 6.44. The molecule has 6 heteroatoms. The van der Waals surface area contributed by atoms with E-state index in [0.717, 1.165) is 11.1 Å². The molecule has 0 heterocycles. The first-order chi connectivity index (χ1) is 12.4. The quantitative estimate of drug-likeness (QED) is 0.588. The minimum Gasteiger partial charge on any atom is -0.493 e. The van der Waals surface area contributed by atoms with Gasteiger partial charge in [-0.15, -0.1) is 0 Å². The van der Waals surface area contributed by atoms with E-state index in [4.69, 9.17) is 15.2 Å². The number of halogens is 1. The zero-order valence-electron chi connectivity index (χ0n) is 15.7. The van der Waals surface area contributed by atoms with Crippen LogP contribution in [-0.2, 0) is 12.0 Å². The number of rotatable bonds is 7. The van der Waals surface area contributed by atoms with Crippen molar-refractivity contribution < 1.29 is 13.9 Å². The standard InChI is InChI=1S/C20H26FN3O2/c1-20(2,15-6-5-7-16(21)11-15)13-24-19(22)23-12-14-8-9-17(25-3)18(10-14)26-4/h5-11H,12-13H2,1-4H3,(H3,22,23,24). The van der Waals surface area contributed by atoms with Gasteiger partial charge in [-0.1, -0.05) is 32.0 Å². The van der Waals surface area contributed by atoms with Crippen molar-refractivity contribution in [3.63, 3.8) is 0 Å². The van der Waals surface area contributed by atoms with Crippen molar-refractivity contribution in [1.82, 2.24) is 5.32 Å². The summed E-state index contributed by atoms with van der Waals surface area (Å²) in [6.07, 6.45) is 0. The van der Waals surface area contributed by atoms with E-state index in [1.54, 1.807) is 26.4 Å². The van der Waals surface area contributed by atoms with Crippen LogP contribution in [0.5, 0.6) is 11.5 Å². The molecule has 0 atom stereocenters. The second-order valence-corrected chi connectivity index (χ2v) is 6.64. The van der Waals surface area contributed by atoms with Crippen LogP contribution in [0.1, 0.15) is 25.0 Å². The predicted molar refractivity (Wildman–Crippen MR) is 102 cm³/mol. The lowest BCUT2D eigenvalue weighted by molar-refractivity contribution is 0.354. The van der Waals surface area contributed by atoms with Crippen LogP contribution in [0.3, 0.4) is 0 Å². The molecule has 0 amide bonds. The van der Waals surface area contributed by atoms with E-state index in [2.05, 4.69) is 10.3 Å². The molecule has 2 aromatic carbocycles. The topological polar surface area (TPSA) is 68.9 Å². The first kappa shape index (κ1) is 19.6. The molecule has 0 spiro atoms. The van der Waals surface area contributed by atoms with E-state index in [1.807, 2.05) is 38.1 Å². The molecule has 2 aromatic rings. The highest BCUT2D eigenvalue weighted by Crippen LogP contribution is 2.27. The number of methoxy groups -OCH3 is 2. The second-order valence-electron chi connectivity index (χ2n) is 6.64. The number of guanidine groups is 1. The molecule has 0 radical (unpaired) electrons. The van der Waals surface area contributed by atoms with E-state index in [1.165, 1.54) is 6.07 Å². The Bertz CT molecular complexity index is 775. The molecule has 5 nitrogen and oxygen atoms in total. The molecule has 0 aromatic heterocycles. The minimum atomic E-state index is -0.286. The highest BCUT2D eigenvalue weighted by atomic mass is 19.1. The van der Waals surface area contributed by atoms with Gasteiger partial charge in [0.15, 0.2) is 17.5 Å². The fourth-order valence-corrected chi connectivity index (χ4v) is 2.53. The van der Waals surface area contributed by atoms with Crippen molar-refractivity contribution in [1.29, 1.82) is 0 Å². The summed E-state index contributed by atoms with van der Waals surface area (Å²) < 4.78 is 23.9. The van der Waals surface area contributed by atoms with Crippen LogP contribution in [-0.4, -0.2) is 26.7 Å². The van der Waals surface area contributed by atoms with Crippen molar-refractivity contribution >= 4 is 5.96 Å². The third kappa shape index (κ3) is 5.12. The summed E-state index contributed by atoms with van der Waals surface area (Å²) in [5.41, 5.74) is 7.54. The van der Waals surface area contributed by atoms with E-state index >= 15 is 0 Å². The Morgan fingerprint density at radius 1 is 1.12 bits per heavy atom. The molecule has 0 aliphatic carbocycles. The van der Waals surface area contributed by atoms with Gasteiger partial charge in [0.05, 0.1) is 20.8 Å². The number of aliphatic imine (C=N–C) groups is 1. The van der Waals surface area contributed by atoms with Gasteiger partial charge in [0, 0.05) is 12.0 Å². The van der Waals surface area contributed by atoms with Gasteiger partial charge in [0.1, 0.15) is 5.82 Å². The number of nitrogens with two attached hydrogens (primary N) is 1. The molecular weight excluding hydrogens is 333 g/mol. The highest BCUT2D eigenvalue weighted by molar-refractivity contribution is 5.78. The molecule has 0 saturated heterocycles. The van der Waals surface area contributed by atoms with Gasteiger partial charge >= 0.3 is 0 Å². The monoisotopic (exact) mass is 359 g/mol. The number of benzene rings is 2. The van der Waals surface area contributed by atoms with E-state index < -0.39 is 0 Å². The zero-order valence-corrected chi connectivity index (χ0v) is 15.7. The normalized spacial score (nSPS) is 12.0. The Balaban J connectivity index is 1.98. The fraction of sp³-hybridized carbons (Fsp3) is 0.350. The number of ether oxygens (including phenoxy) is 2. The SMILES string of the molecule is COc1ccc(CN=C(N)NCC(C)(C)c2cccc(F)c2)cc1OC. The van der Waals surface area contributed by atoms with Crippen LogP contribution in [0, 0.1) is 5.82 Å². The molecule has 140 valence electrons. The van der Waals surface area contributed by atoms with E-state index in [-0.39, 0.29) is 11.2 Å². The zero-order chi connectivity index (χ0) is 19.2. The predicted octanol–water partition coefficient (Wildman–Crippen LogP) is 3.23. The lowest BCUT2D eigenvalue weighted by atomic mass is 9.84. The fourth-order valence-electron chi connectivity index (χ4n) is 2.53. The van der Waals surface area contributed by atoms with Crippen LogP contribution in [0.4, 0.5) is 4.39 Å². The summed E-state index contributed by atoms with van der Waals surface area (Å²) in [6.45, 7) is 5.00. The Morgan fingerprint density at radius 3 is 2.50 bits per heavy atom. The summed E-state index contributed by atoms with van der Waals surface area (Å²) in [5.74, 6) is 1.41. The number of hydrogen-bond donors (Lipinski definition) is 2. The minimum absolute atomic E-state index is 0.245. The molecule has 0 aliphatic heterocycles. The molecule has 0 saturated carbocycles. The number of nitrogens with one attached hydrogen (secondary N) is 1. The van der Waals surface area contributed by atoms with Crippen molar-refractivity contribution in [3.8, 4) is 11.5 Å². The second kappa shape index (κ2) is 8.56. The van der Waals surface area contributed by atoms with Crippen molar-refractivity contribution in [3.05, 3.63) is 59.4 Å². The van der Waals surface area contributed by atoms with Crippen LogP contribution < -0.4 is 20.5 Å². The maximum absolute atomic E-state index is 13.4. The third-order valence-electron chi connectivity index (χ3n) is 4.20. The van der Waals surface area contributed by atoms with Gasteiger partial charge in [-0.3, -0.25) is 0 Å². The first-order valence-corrected chi connectivity index (χ1v) is 8.36. The molecule has 2 rings (SSSR count). The molecule has 26 heavy (non-hydrogen) atoms. The maximum atomic E-state index is 13.4. The Morgan fingerprint density at radius 2 is 1.85 bits per heavy atom. The summed E-state index contributed by atoms with van der Waals surface area (Å²) in [7, 11) is 3.19. The number of nitrogens with zero attached hydrogens (tertiary/aromatic N) is 1. The summed E-state index contributed by atoms with van der Waals surface area (Å²) >= 11 is 0. The summed E-state index contributed by atoms with van der Waals surface area (Å²) in [4.78, 5) is 4.35. The van der Waals surface area contributed by atoms with Gasteiger partial charge in [-0.2, -0.15) is 0 Å². The van der Waals surface area contributed by atoms with Crippen molar-refractivity contribution in [2.24, 2.45) is 10.7 Å². The average Bonchev–Trinajstić information content (AvgIpc) is 2.64. The van der Waals surface area contributed by atoms with Crippen LogP contribution in [0.15, 0.2) is 47.5 Å². The molecule has 0 fully saturated rings. The Labute approximate surface area is 154 Å². The third-order valence-corrected chi connectivity index (χ3v) is 4.20. The van der Waals surface area contributed by atoms with Gasteiger partial charge in [-0.05, 0) is 35.4 Å². The molecule has 3 N–H and O–H groups in total. The highest BCUT2D eigenvalue weighted by Gasteiger charge is 2.21. The van der Waals surface area contributed by atoms with Gasteiger partial charge in [0.25, 0.3) is 0 Å². The van der Waals surface area contributed by atoms with Crippen LogP contribution in [0.2, 0.25) is 0 Å². The van der Waals surface area contributed by atoms with Crippen molar-refractivity contribution in [2.45, 2.75) is 25.8 Å². The Hall–Kier alpha value is -2.76. The van der Waals surface area contributed by atoms with Gasteiger partial charge in [0.2, 0.25) is 0 Å². The van der Waals surface area contributed by atoms with Crippen molar-refractivity contribution in [2.75, 3.05) is 20.8 Å². The lowest BCUT2D eigenvalue weighted by Crippen LogP contribution is -2.40. The largest absolute Gasteiger partial charge is 0.493 e. The van der Waals surface area contributed by atoms with Crippen LogP contribution >= 0.6 is 0 Å². The van der Waals surface area contributed by atoms with Gasteiger partial charge < -0.3 is 20.5 Å². The maximum Gasteiger partial charge on any atom is 0.188 e. The molecular formula is C20H26FN3O2. The van der Waals surface area contributed by atoms with E-state index in [0.29, 0.717) is 30.5 Å².